The van der Waals surface area contributed by atoms with Crippen LogP contribution in [0.3, 0.4) is 0 Å². The van der Waals surface area contributed by atoms with E-state index in [0.717, 1.165) is 35.3 Å². The molecule has 0 amide bonds. The number of rotatable bonds is 14. The highest BCUT2D eigenvalue weighted by atomic mass is 35.5. The Bertz CT molecular complexity index is 1540. The smallest absolute Gasteiger partial charge is 0.173 e. The zero-order valence-electron chi connectivity index (χ0n) is 26.2. The Morgan fingerprint density at radius 3 is 2.30 bits per heavy atom. The number of aromatic nitrogens is 2. The summed E-state index contributed by atoms with van der Waals surface area (Å²) < 4.78 is 52.5. The fraction of sp³-hybridized carbons (Fsp3) is 0.382. The summed E-state index contributed by atoms with van der Waals surface area (Å²) in [7, 11) is 8.02. The van der Waals surface area contributed by atoms with Crippen molar-refractivity contribution in [2.24, 2.45) is 0 Å². The van der Waals surface area contributed by atoms with Crippen LogP contribution in [0.5, 0.6) is 5.75 Å². The first-order valence-corrected chi connectivity index (χ1v) is 16.0. The highest BCUT2D eigenvalue weighted by Gasteiger charge is 2.30. The zero-order valence-corrected chi connectivity index (χ0v) is 27.8. The summed E-state index contributed by atoms with van der Waals surface area (Å²) >= 11 is 7.51. The molecule has 0 radical (unpaired) electrons. The molecule has 1 aromatic heterocycles. The number of ether oxygens (including phenoxy) is 1. The summed E-state index contributed by atoms with van der Waals surface area (Å²) in [6.07, 6.45) is 3.31. The van der Waals surface area contributed by atoms with Crippen LogP contribution in [0.25, 0.3) is 5.69 Å². The second kappa shape index (κ2) is 14.4. The first kappa shape index (κ1) is 33.9. The molecule has 0 atom stereocenters. The number of benzene rings is 3. The van der Waals surface area contributed by atoms with Gasteiger partial charge in [-0.2, -0.15) is 0 Å². The average molecular weight is 646 g/mol. The lowest BCUT2D eigenvalue weighted by atomic mass is 9.81. The monoisotopic (exact) mass is 645 g/mol. The van der Waals surface area contributed by atoms with Crippen molar-refractivity contribution in [3.8, 4) is 11.4 Å². The number of imidazole rings is 1. The molecule has 5 nitrogen and oxygen atoms in total. The lowest BCUT2D eigenvalue weighted by molar-refractivity contribution is -0.870. The molecule has 10 heteroatoms. The molecule has 0 bridgehead atoms. The van der Waals surface area contributed by atoms with E-state index in [1.54, 1.807) is 31.5 Å². The summed E-state index contributed by atoms with van der Waals surface area (Å²) in [5.41, 5.74) is 2.43. The van der Waals surface area contributed by atoms with Crippen molar-refractivity contribution in [1.82, 2.24) is 14.9 Å². The van der Waals surface area contributed by atoms with Gasteiger partial charge in [-0.25, -0.2) is 18.2 Å². The van der Waals surface area contributed by atoms with Crippen LogP contribution in [0.4, 0.5) is 13.2 Å². The number of methoxy groups -OCH3 is 1. The first-order chi connectivity index (χ1) is 20.8. The van der Waals surface area contributed by atoms with Gasteiger partial charge in [0.1, 0.15) is 23.2 Å². The SMILES string of the molecule is COc1cc(C(C)(C)c2cnc(SCc3c(F)cc(CCNCCC[N+](C)(C)C)cc3F)n2-c2ccc(F)cc2)ccc1Cl. The summed E-state index contributed by atoms with van der Waals surface area (Å²) in [4.78, 5) is 4.66. The molecular weight excluding hydrogens is 605 g/mol. The third kappa shape index (κ3) is 8.38. The Hall–Kier alpha value is -2.98. The van der Waals surface area contributed by atoms with Crippen molar-refractivity contribution in [2.45, 2.75) is 43.0 Å². The number of hydrogen-bond acceptors (Lipinski definition) is 4. The van der Waals surface area contributed by atoms with Crippen LogP contribution in [-0.4, -0.2) is 61.9 Å². The highest BCUT2D eigenvalue weighted by Crippen LogP contribution is 2.39. The molecule has 0 aliphatic rings. The summed E-state index contributed by atoms with van der Waals surface area (Å²) in [5, 5.41) is 4.39. The minimum atomic E-state index is -0.587. The summed E-state index contributed by atoms with van der Waals surface area (Å²) in [6.45, 7) is 6.64. The maximum Gasteiger partial charge on any atom is 0.173 e. The Morgan fingerprint density at radius 2 is 1.66 bits per heavy atom. The van der Waals surface area contributed by atoms with Crippen LogP contribution in [0.15, 0.2) is 66.0 Å². The molecule has 0 aliphatic carbocycles. The van der Waals surface area contributed by atoms with Crippen LogP contribution < -0.4 is 10.1 Å². The first-order valence-electron chi connectivity index (χ1n) is 14.6. The van der Waals surface area contributed by atoms with E-state index >= 15 is 8.78 Å². The largest absolute Gasteiger partial charge is 0.495 e. The molecule has 4 rings (SSSR count). The molecule has 0 saturated carbocycles. The van der Waals surface area contributed by atoms with E-state index in [2.05, 4.69) is 31.4 Å². The van der Waals surface area contributed by atoms with Gasteiger partial charge in [0.05, 0.1) is 51.7 Å². The number of thioether (sulfide) groups is 1. The third-order valence-corrected chi connectivity index (χ3v) is 8.94. The number of hydrogen-bond donors (Lipinski definition) is 1. The predicted octanol–water partition coefficient (Wildman–Crippen LogP) is 7.80. The van der Waals surface area contributed by atoms with Crippen molar-refractivity contribution in [3.05, 3.63) is 106 Å². The van der Waals surface area contributed by atoms with Crippen LogP contribution in [0.2, 0.25) is 5.02 Å². The van der Waals surface area contributed by atoms with E-state index in [4.69, 9.17) is 16.3 Å². The molecule has 4 aromatic rings. The molecule has 0 unspecified atom stereocenters. The van der Waals surface area contributed by atoms with Crippen LogP contribution >= 0.6 is 23.4 Å². The molecule has 0 aliphatic heterocycles. The van der Waals surface area contributed by atoms with Crippen molar-refractivity contribution in [3.63, 3.8) is 0 Å². The Morgan fingerprint density at radius 1 is 0.977 bits per heavy atom. The predicted molar refractivity (Wildman–Crippen MR) is 174 cm³/mol. The normalized spacial score (nSPS) is 12.1. The van der Waals surface area contributed by atoms with E-state index in [0.29, 0.717) is 40.1 Å². The molecule has 0 fully saturated rings. The fourth-order valence-corrected chi connectivity index (χ4v) is 6.23. The zero-order chi connectivity index (χ0) is 32.1. The topological polar surface area (TPSA) is 39.1 Å². The fourth-order valence-electron chi connectivity index (χ4n) is 5.02. The van der Waals surface area contributed by atoms with E-state index in [1.165, 1.54) is 36.0 Å². The molecular formula is C34H41ClF3N4OS+. The molecule has 44 heavy (non-hydrogen) atoms. The van der Waals surface area contributed by atoms with Crippen molar-refractivity contribution < 1.29 is 22.4 Å². The number of nitrogens with zero attached hydrogens (tertiary/aromatic N) is 3. The maximum absolute atomic E-state index is 15.2. The van der Waals surface area contributed by atoms with Crippen LogP contribution in [0, 0.1) is 17.5 Å². The van der Waals surface area contributed by atoms with Crippen LogP contribution in [-0.2, 0) is 17.6 Å². The minimum absolute atomic E-state index is 0.00782. The van der Waals surface area contributed by atoms with Gasteiger partial charge in [0.25, 0.3) is 0 Å². The van der Waals surface area contributed by atoms with Crippen LogP contribution in [0.1, 0.15) is 42.7 Å². The maximum atomic E-state index is 15.2. The van der Waals surface area contributed by atoms with E-state index in [1.807, 2.05) is 30.5 Å². The summed E-state index contributed by atoms with van der Waals surface area (Å²) in [6, 6.07) is 14.5. The van der Waals surface area contributed by atoms with Gasteiger partial charge in [0.15, 0.2) is 5.16 Å². The number of halogens is 4. The quantitative estimate of drug-likeness (QED) is 0.0863. The van der Waals surface area contributed by atoms with Gasteiger partial charge >= 0.3 is 0 Å². The second-order valence-electron chi connectivity index (χ2n) is 12.4. The molecule has 1 N–H and O–H groups in total. The lowest BCUT2D eigenvalue weighted by Gasteiger charge is -2.28. The standard InChI is InChI=1S/C34H41ClF3N4OS/c1-34(2,24-8-13-28(35)31(20-24)43-6)32-21-40-33(41(32)26-11-9-25(36)10-12-26)44-22-27-29(37)18-23(19-30(27)38)14-16-39-15-7-17-42(3,4)5/h8-13,18-21,39H,7,14-17,22H2,1-6H3/q+1. The van der Waals surface area contributed by atoms with Crippen molar-refractivity contribution in [1.29, 1.82) is 0 Å². The van der Waals surface area contributed by atoms with Gasteiger partial charge in [-0.15, -0.1) is 0 Å². The number of quaternary nitrogens is 1. The minimum Gasteiger partial charge on any atom is -0.495 e. The third-order valence-electron chi connectivity index (χ3n) is 7.65. The molecule has 1 heterocycles. The van der Waals surface area contributed by atoms with Gasteiger partial charge in [-0.05, 0) is 72.6 Å². The molecule has 236 valence electrons. The van der Waals surface area contributed by atoms with Gasteiger partial charge in [-0.1, -0.05) is 43.3 Å². The second-order valence-corrected chi connectivity index (χ2v) is 13.8. The van der Waals surface area contributed by atoms with Crippen molar-refractivity contribution in [2.75, 3.05) is 47.9 Å². The molecule has 3 aromatic carbocycles. The average Bonchev–Trinajstić information content (AvgIpc) is 3.39. The Labute approximate surface area is 268 Å². The Kier molecular flexibility index (Phi) is 11.1. The van der Waals surface area contributed by atoms with Gasteiger partial charge in [0.2, 0.25) is 0 Å². The van der Waals surface area contributed by atoms with E-state index in [-0.39, 0.29) is 17.1 Å². The van der Waals surface area contributed by atoms with Gasteiger partial charge < -0.3 is 14.5 Å². The molecule has 0 spiro atoms. The van der Waals surface area contributed by atoms with E-state index < -0.39 is 17.0 Å². The van der Waals surface area contributed by atoms with Gasteiger partial charge in [-0.3, -0.25) is 4.57 Å². The number of nitrogens with one attached hydrogen (secondary N) is 1. The summed E-state index contributed by atoms with van der Waals surface area (Å²) in [5.74, 6) is -0.939. The highest BCUT2D eigenvalue weighted by molar-refractivity contribution is 7.98. The van der Waals surface area contributed by atoms with E-state index in [9.17, 15) is 4.39 Å². The molecule has 0 saturated heterocycles. The lowest BCUT2D eigenvalue weighted by Crippen LogP contribution is -2.36. The van der Waals surface area contributed by atoms with Crippen molar-refractivity contribution >= 4 is 23.4 Å². The van der Waals surface area contributed by atoms with Gasteiger partial charge in [0, 0.05) is 35.4 Å². The Balaban J connectivity index is 1.55.